The Morgan fingerprint density at radius 3 is 2.26 bits per heavy atom. The van der Waals surface area contributed by atoms with Gasteiger partial charge in [0.2, 0.25) is 0 Å². The molecule has 8 nitrogen and oxygen atoms in total. The molecule has 0 amide bonds. The number of nitrogen functional groups attached to an aromatic ring is 1. The molecule has 0 aliphatic heterocycles. The number of nitrogens with two attached hydrogens (primary N) is 1. The third-order valence-electron chi connectivity index (χ3n) is 5.58. The Morgan fingerprint density at radius 2 is 1.59 bits per heavy atom. The van der Waals surface area contributed by atoms with Crippen LogP contribution in [0.2, 0.25) is 0 Å². The van der Waals surface area contributed by atoms with Crippen molar-refractivity contribution < 1.29 is 0 Å². The molecule has 2 aromatic carbocycles. The largest absolute Gasteiger partial charge is 0.383 e. The number of para-hydroxylation sites is 1. The fraction of sp³-hybridized carbons (Fsp3) is 0.192. The minimum atomic E-state index is -0.318. The van der Waals surface area contributed by atoms with Crippen LogP contribution >= 0.6 is 0 Å². The van der Waals surface area contributed by atoms with Crippen molar-refractivity contribution in [3.8, 4) is 16.8 Å². The van der Waals surface area contributed by atoms with Gasteiger partial charge in [0.05, 0.1) is 34.6 Å². The van der Waals surface area contributed by atoms with Crippen molar-refractivity contribution in [1.82, 2.24) is 29.5 Å². The van der Waals surface area contributed by atoms with Gasteiger partial charge in [-0.1, -0.05) is 62.4 Å². The van der Waals surface area contributed by atoms with Gasteiger partial charge in [-0.05, 0) is 31.5 Å². The summed E-state index contributed by atoms with van der Waals surface area (Å²) in [5.74, 6) is 0.381. The highest BCUT2D eigenvalue weighted by molar-refractivity contribution is 5.88. The highest BCUT2D eigenvalue weighted by Crippen LogP contribution is 2.30. The molecule has 0 saturated carbocycles. The molecule has 5 rings (SSSR count). The average molecular weight is 454 g/mol. The highest BCUT2D eigenvalue weighted by Gasteiger charge is 2.23. The van der Waals surface area contributed by atoms with E-state index in [4.69, 9.17) is 5.73 Å². The quantitative estimate of drug-likeness (QED) is 0.428. The van der Waals surface area contributed by atoms with E-state index in [2.05, 4.69) is 20.2 Å². The maximum absolute atomic E-state index is 13.7. The molecule has 3 heterocycles. The number of nitrogens with zero attached hydrogens (tertiary/aromatic N) is 6. The summed E-state index contributed by atoms with van der Waals surface area (Å²) in [7, 11) is 0. The number of anilines is 1. The van der Waals surface area contributed by atoms with Gasteiger partial charge >= 0.3 is 0 Å². The van der Waals surface area contributed by atoms with E-state index in [1.165, 1.54) is 11.0 Å². The highest BCUT2D eigenvalue weighted by atomic mass is 16.1. The normalized spacial score (nSPS) is 11.6. The third-order valence-corrected chi connectivity index (χ3v) is 5.58. The summed E-state index contributed by atoms with van der Waals surface area (Å²) in [6, 6.07) is 18.7. The number of fused-ring (bicyclic) bond motifs is 1. The Bertz CT molecular complexity index is 1470. The van der Waals surface area contributed by atoms with Crippen LogP contribution in [0, 0.1) is 6.92 Å². The van der Waals surface area contributed by atoms with Gasteiger partial charge in [-0.15, -0.1) is 0 Å². The van der Waals surface area contributed by atoms with Crippen LogP contribution in [0.15, 0.2) is 78.0 Å². The molecular formula is C26H27N7O. The maximum Gasteiger partial charge on any atom is 0.279 e. The Kier molecular flexibility index (Phi) is 6.49. The first kappa shape index (κ1) is 22.8. The van der Waals surface area contributed by atoms with Gasteiger partial charge in [-0.3, -0.25) is 4.79 Å². The van der Waals surface area contributed by atoms with Crippen LogP contribution in [-0.4, -0.2) is 29.5 Å². The molecule has 0 radical (unpaired) electrons. The minimum absolute atomic E-state index is 0.200. The number of rotatable bonds is 4. The van der Waals surface area contributed by atoms with E-state index in [-0.39, 0.29) is 11.6 Å². The summed E-state index contributed by atoms with van der Waals surface area (Å²) in [4.78, 5) is 22.2. The lowest BCUT2D eigenvalue weighted by Crippen LogP contribution is -2.26. The van der Waals surface area contributed by atoms with Crippen LogP contribution in [0.5, 0.6) is 0 Å². The van der Waals surface area contributed by atoms with Gasteiger partial charge in [0.25, 0.3) is 5.56 Å². The lowest BCUT2D eigenvalue weighted by molar-refractivity contribution is 0.569. The van der Waals surface area contributed by atoms with Crippen molar-refractivity contribution in [3.05, 3.63) is 94.8 Å². The predicted molar refractivity (Wildman–Crippen MR) is 135 cm³/mol. The van der Waals surface area contributed by atoms with E-state index in [1.807, 2.05) is 88.4 Å². The molecule has 8 heteroatoms. The monoisotopic (exact) mass is 453 g/mol. The van der Waals surface area contributed by atoms with Gasteiger partial charge in [0.1, 0.15) is 12.1 Å². The number of aryl methyl sites for hydroxylation is 1. The SMILES string of the molecule is CC.Cc1nn(C(C)c2cnn(-c3ccccc3)c(=O)c2-c2ccccc2)c2ncnc(N)c12. The van der Waals surface area contributed by atoms with E-state index >= 15 is 0 Å². The van der Waals surface area contributed by atoms with Gasteiger partial charge in [0.15, 0.2) is 5.65 Å². The predicted octanol–water partition coefficient (Wildman–Crippen LogP) is 4.57. The second-order valence-electron chi connectivity index (χ2n) is 7.56. The van der Waals surface area contributed by atoms with Gasteiger partial charge in [-0.25, -0.2) is 14.6 Å². The molecule has 0 saturated heterocycles. The Hall–Kier alpha value is -4.33. The van der Waals surface area contributed by atoms with Crippen LogP contribution in [-0.2, 0) is 0 Å². The first-order chi connectivity index (χ1) is 16.6. The van der Waals surface area contributed by atoms with E-state index < -0.39 is 0 Å². The molecule has 0 spiro atoms. The molecule has 0 bridgehead atoms. The molecule has 5 aromatic rings. The second kappa shape index (κ2) is 9.66. The van der Waals surface area contributed by atoms with E-state index in [0.717, 1.165) is 16.8 Å². The number of aromatic nitrogens is 6. The van der Waals surface area contributed by atoms with Gasteiger partial charge < -0.3 is 5.73 Å². The minimum Gasteiger partial charge on any atom is -0.383 e. The zero-order chi connectivity index (χ0) is 24.2. The molecule has 0 fully saturated rings. The van der Waals surface area contributed by atoms with E-state index in [1.54, 1.807) is 10.9 Å². The van der Waals surface area contributed by atoms with Crippen molar-refractivity contribution in [2.24, 2.45) is 0 Å². The number of hydrogen-bond acceptors (Lipinski definition) is 6. The van der Waals surface area contributed by atoms with Crippen LogP contribution in [0.1, 0.15) is 38.1 Å². The molecular weight excluding hydrogens is 426 g/mol. The second-order valence-corrected chi connectivity index (χ2v) is 7.56. The maximum atomic E-state index is 13.7. The fourth-order valence-electron chi connectivity index (χ4n) is 4.00. The van der Waals surface area contributed by atoms with Crippen molar-refractivity contribution in [2.75, 3.05) is 5.73 Å². The number of hydrogen-bond donors (Lipinski definition) is 1. The first-order valence-corrected chi connectivity index (χ1v) is 11.2. The standard InChI is InChI=1S/C24H21N7O.C2H6/c1-15-20-22(25)26-14-27-23(20)30(29-15)16(2)19-13-28-31(18-11-7-4-8-12-18)24(32)21(19)17-9-5-3-6-10-17;1-2/h3-14,16H,1-2H3,(H2,25,26,27);1-2H3. The van der Waals surface area contributed by atoms with Crippen LogP contribution < -0.4 is 11.3 Å². The van der Waals surface area contributed by atoms with Crippen LogP contribution in [0.25, 0.3) is 27.8 Å². The Balaban J connectivity index is 0.00000133. The third kappa shape index (κ3) is 3.94. The molecule has 0 aliphatic rings. The summed E-state index contributed by atoms with van der Waals surface area (Å²) in [6.07, 6.45) is 3.15. The lowest BCUT2D eigenvalue weighted by Gasteiger charge is -2.18. The molecule has 172 valence electrons. The lowest BCUT2D eigenvalue weighted by atomic mass is 9.98. The zero-order valence-corrected chi connectivity index (χ0v) is 19.7. The first-order valence-electron chi connectivity index (χ1n) is 11.2. The molecule has 0 aliphatic carbocycles. The van der Waals surface area contributed by atoms with E-state index in [0.29, 0.717) is 28.1 Å². The van der Waals surface area contributed by atoms with Crippen molar-refractivity contribution >= 4 is 16.9 Å². The summed E-state index contributed by atoms with van der Waals surface area (Å²) in [5, 5.41) is 9.87. The van der Waals surface area contributed by atoms with Gasteiger partial charge in [-0.2, -0.15) is 14.9 Å². The molecule has 34 heavy (non-hydrogen) atoms. The molecule has 1 unspecified atom stereocenters. The Labute approximate surface area is 197 Å². The molecule has 1 atom stereocenters. The smallest absolute Gasteiger partial charge is 0.279 e. The summed E-state index contributed by atoms with van der Waals surface area (Å²) in [6.45, 7) is 7.84. The Morgan fingerprint density at radius 1 is 0.941 bits per heavy atom. The summed E-state index contributed by atoms with van der Waals surface area (Å²) < 4.78 is 3.20. The summed E-state index contributed by atoms with van der Waals surface area (Å²) in [5.41, 5.74) is 10.1. The van der Waals surface area contributed by atoms with Crippen molar-refractivity contribution in [3.63, 3.8) is 0 Å². The molecule has 3 aromatic heterocycles. The summed E-state index contributed by atoms with van der Waals surface area (Å²) >= 11 is 0. The van der Waals surface area contributed by atoms with E-state index in [9.17, 15) is 4.79 Å². The van der Waals surface area contributed by atoms with Crippen molar-refractivity contribution in [2.45, 2.75) is 33.7 Å². The average Bonchev–Trinajstić information content (AvgIpc) is 3.23. The van der Waals surface area contributed by atoms with Crippen molar-refractivity contribution in [1.29, 1.82) is 0 Å². The molecule has 2 N–H and O–H groups in total. The van der Waals surface area contributed by atoms with Gasteiger partial charge in [0, 0.05) is 5.56 Å². The fourth-order valence-corrected chi connectivity index (χ4v) is 4.00. The van der Waals surface area contributed by atoms with Crippen LogP contribution in [0.4, 0.5) is 5.82 Å². The zero-order valence-electron chi connectivity index (χ0n) is 19.7. The topological polar surface area (TPSA) is 105 Å². The van der Waals surface area contributed by atoms with Crippen LogP contribution in [0.3, 0.4) is 0 Å². The number of benzene rings is 2.